The predicted molar refractivity (Wildman–Crippen MR) is 60.7 cm³/mol. The van der Waals surface area contributed by atoms with Crippen LogP contribution in [0.3, 0.4) is 0 Å². The lowest BCUT2D eigenvalue weighted by Gasteiger charge is -2.28. The van der Waals surface area contributed by atoms with Crippen LogP contribution in [-0.2, 0) is 19.4 Å². The highest BCUT2D eigenvalue weighted by molar-refractivity contribution is 6.59. The van der Waals surface area contributed by atoms with Gasteiger partial charge in [0, 0.05) is 19.8 Å². The van der Waals surface area contributed by atoms with E-state index in [4.69, 9.17) is 13.3 Å². The molecule has 16 heavy (non-hydrogen) atoms. The zero-order valence-electron chi connectivity index (χ0n) is 10.0. The fourth-order valence-corrected chi connectivity index (χ4v) is 3.90. The van der Waals surface area contributed by atoms with E-state index < -0.39 is 8.80 Å². The van der Waals surface area contributed by atoms with Crippen LogP contribution in [0.15, 0.2) is 12.7 Å². The lowest BCUT2D eigenvalue weighted by atomic mass is 10.9. The van der Waals surface area contributed by atoms with E-state index in [-0.39, 0.29) is 0 Å². The van der Waals surface area contributed by atoms with Gasteiger partial charge in [0.1, 0.15) is 12.7 Å². The third-order valence-electron chi connectivity index (χ3n) is 1.94. The zero-order valence-corrected chi connectivity index (χ0v) is 11.0. The van der Waals surface area contributed by atoms with Crippen LogP contribution in [0, 0.1) is 0 Å². The van der Waals surface area contributed by atoms with Crippen LogP contribution in [0.2, 0.25) is 0 Å². The first-order valence-electron chi connectivity index (χ1n) is 5.50. The Balaban J connectivity index is 2.73. The average Bonchev–Trinajstić information content (AvgIpc) is 2.71. The molecule has 0 aliphatic heterocycles. The van der Waals surface area contributed by atoms with E-state index in [1.54, 1.807) is 12.7 Å². The SMILES string of the molecule is CCO[Si](Cn1cnnc1)(OCC)OCC. The molecule has 0 unspecified atom stereocenters. The van der Waals surface area contributed by atoms with Gasteiger partial charge >= 0.3 is 8.80 Å². The summed E-state index contributed by atoms with van der Waals surface area (Å²) in [7, 11) is -2.62. The van der Waals surface area contributed by atoms with E-state index in [2.05, 4.69) is 10.2 Å². The smallest absolute Gasteiger partial charge is 0.373 e. The van der Waals surface area contributed by atoms with Crippen molar-refractivity contribution in [2.75, 3.05) is 19.8 Å². The van der Waals surface area contributed by atoms with Crippen LogP contribution >= 0.6 is 0 Å². The minimum absolute atomic E-state index is 0.551. The Morgan fingerprint density at radius 1 is 0.938 bits per heavy atom. The van der Waals surface area contributed by atoms with Crippen molar-refractivity contribution in [1.82, 2.24) is 14.8 Å². The van der Waals surface area contributed by atoms with Crippen LogP contribution in [0.1, 0.15) is 20.8 Å². The summed E-state index contributed by atoms with van der Waals surface area (Å²) in [5.41, 5.74) is 0. The standard InChI is InChI=1S/C9H19N3O3Si/c1-4-13-16(14-5-2,15-6-3)9-12-7-10-11-8-12/h7-8H,4-6,9H2,1-3H3. The van der Waals surface area contributed by atoms with Gasteiger partial charge in [-0.3, -0.25) is 0 Å². The molecule has 0 N–H and O–H groups in total. The number of rotatable bonds is 8. The highest BCUT2D eigenvalue weighted by atomic mass is 28.4. The normalized spacial score (nSPS) is 11.9. The Kier molecular flexibility index (Phi) is 5.60. The first kappa shape index (κ1) is 13.3. The van der Waals surface area contributed by atoms with Gasteiger partial charge in [0.25, 0.3) is 0 Å². The maximum atomic E-state index is 5.70. The number of hydrogen-bond donors (Lipinski definition) is 0. The third kappa shape index (κ3) is 3.67. The van der Waals surface area contributed by atoms with Gasteiger partial charge in [0.05, 0.1) is 6.17 Å². The van der Waals surface area contributed by atoms with Crippen molar-refractivity contribution in [3.63, 3.8) is 0 Å². The fourth-order valence-electron chi connectivity index (χ4n) is 1.45. The highest BCUT2D eigenvalue weighted by Gasteiger charge is 2.41. The number of nitrogens with zero attached hydrogens (tertiary/aromatic N) is 3. The Labute approximate surface area is 96.9 Å². The molecule has 0 saturated heterocycles. The second-order valence-corrected chi connectivity index (χ2v) is 5.66. The summed E-state index contributed by atoms with van der Waals surface area (Å²) in [6, 6.07) is 0. The molecule has 0 aliphatic carbocycles. The number of hydrogen-bond acceptors (Lipinski definition) is 5. The fraction of sp³-hybridized carbons (Fsp3) is 0.778. The Morgan fingerprint density at radius 3 is 1.75 bits per heavy atom. The summed E-state index contributed by atoms with van der Waals surface area (Å²) in [6.45, 7) is 7.54. The molecule has 0 fully saturated rings. The third-order valence-corrected chi connectivity index (χ3v) is 4.87. The van der Waals surface area contributed by atoms with Crippen molar-refractivity contribution < 1.29 is 13.3 Å². The lowest BCUT2D eigenvalue weighted by molar-refractivity contribution is 0.0649. The monoisotopic (exact) mass is 245 g/mol. The molecule has 1 aromatic rings. The van der Waals surface area contributed by atoms with Crippen LogP contribution in [-0.4, -0.2) is 43.4 Å². The summed E-state index contributed by atoms with van der Waals surface area (Å²) in [5.74, 6) is 0. The van der Waals surface area contributed by atoms with Gasteiger partial charge < -0.3 is 17.8 Å². The Hall–Kier alpha value is -0.763. The molecule has 0 aromatic carbocycles. The molecule has 1 rings (SSSR count). The first-order valence-corrected chi connectivity index (χ1v) is 7.43. The van der Waals surface area contributed by atoms with E-state index >= 15 is 0 Å². The van der Waals surface area contributed by atoms with Crippen LogP contribution in [0.4, 0.5) is 0 Å². The minimum atomic E-state index is -2.62. The van der Waals surface area contributed by atoms with Gasteiger partial charge in [-0.1, -0.05) is 0 Å². The maximum Gasteiger partial charge on any atom is 0.521 e. The second-order valence-electron chi connectivity index (χ2n) is 3.12. The van der Waals surface area contributed by atoms with Gasteiger partial charge in [-0.15, -0.1) is 10.2 Å². The van der Waals surface area contributed by atoms with Crippen LogP contribution in [0.5, 0.6) is 0 Å². The summed E-state index contributed by atoms with van der Waals surface area (Å²) in [5, 5.41) is 7.51. The summed E-state index contributed by atoms with van der Waals surface area (Å²) in [4.78, 5) is 0. The topological polar surface area (TPSA) is 58.4 Å². The van der Waals surface area contributed by atoms with E-state index in [9.17, 15) is 0 Å². The average molecular weight is 245 g/mol. The molecule has 6 nitrogen and oxygen atoms in total. The molecule has 0 saturated carbocycles. The largest absolute Gasteiger partial charge is 0.521 e. The molecule has 0 spiro atoms. The van der Waals surface area contributed by atoms with Gasteiger partial charge in [-0.2, -0.15) is 0 Å². The van der Waals surface area contributed by atoms with Gasteiger partial charge in [-0.05, 0) is 20.8 Å². The maximum absolute atomic E-state index is 5.70. The molecule has 0 aliphatic rings. The molecule has 0 atom stereocenters. The summed E-state index contributed by atoms with van der Waals surface area (Å²) < 4.78 is 18.9. The van der Waals surface area contributed by atoms with Gasteiger partial charge in [-0.25, -0.2) is 0 Å². The van der Waals surface area contributed by atoms with E-state index in [0.29, 0.717) is 26.0 Å². The van der Waals surface area contributed by atoms with Crippen molar-refractivity contribution in [3.8, 4) is 0 Å². The van der Waals surface area contributed by atoms with Crippen molar-refractivity contribution >= 4 is 8.80 Å². The van der Waals surface area contributed by atoms with Crippen molar-refractivity contribution in [3.05, 3.63) is 12.7 Å². The Bertz CT molecular complexity index is 265. The van der Waals surface area contributed by atoms with E-state index in [1.807, 2.05) is 25.3 Å². The second kappa shape index (κ2) is 6.74. The Morgan fingerprint density at radius 2 is 1.38 bits per heavy atom. The molecule has 0 radical (unpaired) electrons. The quantitative estimate of drug-likeness (QED) is 0.636. The lowest BCUT2D eigenvalue weighted by Crippen LogP contribution is -2.50. The molecular formula is C9H19N3O3Si. The zero-order chi connectivity index (χ0) is 11.9. The van der Waals surface area contributed by atoms with E-state index in [0.717, 1.165) is 0 Å². The molecular weight excluding hydrogens is 226 g/mol. The van der Waals surface area contributed by atoms with Crippen LogP contribution in [0.25, 0.3) is 0 Å². The molecule has 92 valence electrons. The van der Waals surface area contributed by atoms with E-state index in [1.165, 1.54) is 0 Å². The predicted octanol–water partition coefficient (Wildman–Crippen LogP) is 0.866. The minimum Gasteiger partial charge on any atom is -0.373 e. The molecule has 1 heterocycles. The summed E-state index contributed by atoms with van der Waals surface area (Å²) >= 11 is 0. The summed E-state index contributed by atoms with van der Waals surface area (Å²) in [6.07, 6.45) is 3.83. The molecule has 1 aromatic heterocycles. The first-order chi connectivity index (χ1) is 7.76. The van der Waals surface area contributed by atoms with Crippen molar-refractivity contribution in [1.29, 1.82) is 0 Å². The highest BCUT2D eigenvalue weighted by Crippen LogP contribution is 2.12. The molecule has 0 bridgehead atoms. The molecule has 7 heteroatoms. The van der Waals surface area contributed by atoms with Gasteiger partial charge in [0.2, 0.25) is 0 Å². The van der Waals surface area contributed by atoms with Crippen molar-refractivity contribution in [2.24, 2.45) is 0 Å². The van der Waals surface area contributed by atoms with Crippen LogP contribution < -0.4 is 0 Å². The van der Waals surface area contributed by atoms with Crippen molar-refractivity contribution in [2.45, 2.75) is 26.9 Å². The van der Waals surface area contributed by atoms with Gasteiger partial charge in [0.15, 0.2) is 0 Å². The molecule has 0 amide bonds. The number of aromatic nitrogens is 3.